The molecule has 0 saturated heterocycles. The number of nitrogens with zero attached hydrogens (tertiary/aromatic N) is 1. The Kier molecular flexibility index (Phi) is 3.28. The first-order valence-corrected chi connectivity index (χ1v) is 5.59. The molecule has 1 heterocycles. The lowest BCUT2D eigenvalue weighted by Gasteiger charge is -2.04. The number of anilines is 1. The van der Waals surface area contributed by atoms with Crippen LogP contribution in [0.4, 0.5) is 5.69 Å². The minimum Gasteiger partial charge on any atom is -0.378 e. The molecule has 0 fully saturated rings. The van der Waals surface area contributed by atoms with Crippen molar-refractivity contribution in [3.8, 4) is 0 Å². The van der Waals surface area contributed by atoms with Crippen molar-refractivity contribution in [1.82, 2.24) is 10.2 Å². The first kappa shape index (κ1) is 10.5. The number of H-pyrrole nitrogens is 1. The molecule has 0 spiro atoms. The highest BCUT2D eigenvalue weighted by Gasteiger charge is 1.99. The predicted molar refractivity (Wildman–Crippen MR) is 65.1 cm³/mol. The van der Waals surface area contributed by atoms with E-state index in [1.807, 2.05) is 24.4 Å². The second-order valence-corrected chi connectivity index (χ2v) is 4.35. The van der Waals surface area contributed by atoms with Gasteiger partial charge in [0.15, 0.2) is 0 Å². The van der Waals surface area contributed by atoms with Gasteiger partial charge in [-0.15, -0.1) is 0 Å². The molecule has 0 saturated carbocycles. The summed E-state index contributed by atoms with van der Waals surface area (Å²) in [5, 5.41) is 10.5. The average Bonchev–Trinajstić information content (AvgIpc) is 2.73. The molecule has 15 heavy (non-hydrogen) atoms. The van der Waals surface area contributed by atoms with Crippen molar-refractivity contribution >= 4 is 33.2 Å². The van der Waals surface area contributed by atoms with Gasteiger partial charge < -0.3 is 5.32 Å². The van der Waals surface area contributed by atoms with E-state index in [1.54, 1.807) is 6.20 Å². The van der Waals surface area contributed by atoms with E-state index in [4.69, 9.17) is 11.6 Å². The standard InChI is InChI=1S/C10H9BrClN3/c11-9-3-7(1-2-10(9)12)4-13-8-5-14-15-6-8/h1-3,5-6,13H,4H2,(H,14,15). The summed E-state index contributed by atoms with van der Waals surface area (Å²) in [6.45, 7) is 0.745. The lowest BCUT2D eigenvalue weighted by Crippen LogP contribution is -1.97. The van der Waals surface area contributed by atoms with E-state index in [2.05, 4.69) is 31.4 Å². The van der Waals surface area contributed by atoms with Crippen molar-refractivity contribution in [1.29, 1.82) is 0 Å². The van der Waals surface area contributed by atoms with Gasteiger partial charge in [0.1, 0.15) is 0 Å². The Morgan fingerprint density at radius 3 is 3.00 bits per heavy atom. The predicted octanol–water partition coefficient (Wildman–Crippen LogP) is 3.44. The van der Waals surface area contributed by atoms with Gasteiger partial charge in [-0.3, -0.25) is 5.10 Å². The van der Waals surface area contributed by atoms with E-state index in [9.17, 15) is 0 Å². The summed E-state index contributed by atoms with van der Waals surface area (Å²) in [6.07, 6.45) is 3.55. The van der Waals surface area contributed by atoms with E-state index >= 15 is 0 Å². The molecule has 0 radical (unpaired) electrons. The smallest absolute Gasteiger partial charge is 0.0726 e. The van der Waals surface area contributed by atoms with Crippen LogP contribution in [0.25, 0.3) is 0 Å². The monoisotopic (exact) mass is 285 g/mol. The summed E-state index contributed by atoms with van der Waals surface area (Å²) in [7, 11) is 0. The second-order valence-electron chi connectivity index (χ2n) is 3.09. The number of aromatic amines is 1. The lowest BCUT2D eigenvalue weighted by atomic mass is 10.2. The molecule has 1 aromatic heterocycles. The lowest BCUT2D eigenvalue weighted by molar-refractivity contribution is 1.09. The normalized spacial score (nSPS) is 10.3. The molecule has 0 bridgehead atoms. The molecule has 0 aliphatic heterocycles. The maximum atomic E-state index is 5.90. The number of rotatable bonds is 3. The Hall–Kier alpha value is -1.00. The number of hydrogen-bond acceptors (Lipinski definition) is 2. The summed E-state index contributed by atoms with van der Waals surface area (Å²) in [4.78, 5) is 0. The Balaban J connectivity index is 2.02. The van der Waals surface area contributed by atoms with Gasteiger partial charge in [-0.25, -0.2) is 0 Å². The molecule has 3 nitrogen and oxygen atoms in total. The second kappa shape index (κ2) is 4.68. The van der Waals surface area contributed by atoms with Crippen molar-refractivity contribution in [3.05, 3.63) is 45.7 Å². The Bertz CT molecular complexity index is 442. The molecule has 0 aliphatic rings. The Morgan fingerprint density at radius 2 is 2.33 bits per heavy atom. The van der Waals surface area contributed by atoms with Crippen LogP contribution in [0.3, 0.4) is 0 Å². The van der Waals surface area contributed by atoms with Gasteiger partial charge in [0, 0.05) is 17.2 Å². The van der Waals surface area contributed by atoms with Crippen LogP contribution in [-0.4, -0.2) is 10.2 Å². The third kappa shape index (κ3) is 2.73. The van der Waals surface area contributed by atoms with Crippen molar-refractivity contribution in [2.24, 2.45) is 0 Å². The molecule has 5 heteroatoms. The number of hydrogen-bond donors (Lipinski definition) is 2. The zero-order valence-corrected chi connectivity index (χ0v) is 10.1. The van der Waals surface area contributed by atoms with Crippen LogP contribution in [0.15, 0.2) is 35.1 Å². The Labute approximate surface area is 101 Å². The molecule has 1 aromatic carbocycles. The zero-order chi connectivity index (χ0) is 10.7. The maximum absolute atomic E-state index is 5.90. The highest BCUT2D eigenvalue weighted by atomic mass is 79.9. The van der Waals surface area contributed by atoms with Crippen molar-refractivity contribution in [3.63, 3.8) is 0 Å². The van der Waals surface area contributed by atoms with Crippen molar-refractivity contribution in [2.75, 3.05) is 5.32 Å². The van der Waals surface area contributed by atoms with Gasteiger partial charge in [-0.1, -0.05) is 17.7 Å². The van der Waals surface area contributed by atoms with Crippen molar-refractivity contribution in [2.45, 2.75) is 6.54 Å². The van der Waals surface area contributed by atoms with Crippen LogP contribution in [0.2, 0.25) is 5.02 Å². The van der Waals surface area contributed by atoms with Crippen LogP contribution < -0.4 is 5.32 Å². The van der Waals surface area contributed by atoms with Gasteiger partial charge in [0.2, 0.25) is 0 Å². The molecule has 78 valence electrons. The highest BCUT2D eigenvalue weighted by Crippen LogP contribution is 2.23. The molecule has 0 amide bonds. The van der Waals surface area contributed by atoms with E-state index in [1.165, 1.54) is 0 Å². The van der Waals surface area contributed by atoms with E-state index in [0.29, 0.717) is 0 Å². The number of nitrogens with one attached hydrogen (secondary N) is 2. The summed E-state index contributed by atoms with van der Waals surface area (Å²) in [6, 6.07) is 5.85. The summed E-state index contributed by atoms with van der Waals surface area (Å²) < 4.78 is 0.913. The minimum absolute atomic E-state index is 0.724. The topological polar surface area (TPSA) is 40.7 Å². The van der Waals surface area contributed by atoms with Crippen LogP contribution in [0.5, 0.6) is 0 Å². The third-order valence-electron chi connectivity index (χ3n) is 1.98. The third-order valence-corrected chi connectivity index (χ3v) is 3.19. The molecule has 2 N–H and O–H groups in total. The van der Waals surface area contributed by atoms with Gasteiger partial charge >= 0.3 is 0 Å². The molecule has 0 aliphatic carbocycles. The number of benzene rings is 1. The molecular formula is C10H9BrClN3. The van der Waals surface area contributed by atoms with Gasteiger partial charge in [-0.05, 0) is 33.6 Å². The molecular weight excluding hydrogens is 277 g/mol. The van der Waals surface area contributed by atoms with Crippen LogP contribution in [0, 0.1) is 0 Å². The van der Waals surface area contributed by atoms with Crippen molar-refractivity contribution < 1.29 is 0 Å². The number of halogens is 2. The van der Waals surface area contributed by atoms with Gasteiger partial charge in [0.05, 0.1) is 16.9 Å². The SMILES string of the molecule is Clc1ccc(CNc2cn[nH]c2)cc1Br. The summed E-state index contributed by atoms with van der Waals surface area (Å²) in [5.74, 6) is 0. The fraction of sp³-hybridized carbons (Fsp3) is 0.100. The zero-order valence-electron chi connectivity index (χ0n) is 7.80. The van der Waals surface area contributed by atoms with Crippen LogP contribution >= 0.6 is 27.5 Å². The quantitative estimate of drug-likeness (QED) is 0.907. The van der Waals surface area contributed by atoms with Gasteiger partial charge in [-0.2, -0.15) is 5.10 Å². The summed E-state index contributed by atoms with van der Waals surface area (Å²) in [5.41, 5.74) is 2.13. The highest BCUT2D eigenvalue weighted by molar-refractivity contribution is 9.10. The number of aromatic nitrogens is 2. The van der Waals surface area contributed by atoms with Crippen LogP contribution in [-0.2, 0) is 6.54 Å². The minimum atomic E-state index is 0.724. The van der Waals surface area contributed by atoms with Crippen LogP contribution in [0.1, 0.15) is 5.56 Å². The van der Waals surface area contributed by atoms with E-state index < -0.39 is 0 Å². The van der Waals surface area contributed by atoms with Gasteiger partial charge in [0.25, 0.3) is 0 Å². The van der Waals surface area contributed by atoms with E-state index in [-0.39, 0.29) is 0 Å². The first-order chi connectivity index (χ1) is 7.25. The maximum Gasteiger partial charge on any atom is 0.0726 e. The summed E-state index contributed by atoms with van der Waals surface area (Å²) >= 11 is 9.28. The molecule has 0 unspecified atom stereocenters. The molecule has 0 atom stereocenters. The first-order valence-electron chi connectivity index (χ1n) is 4.42. The average molecular weight is 287 g/mol. The van der Waals surface area contributed by atoms with E-state index in [0.717, 1.165) is 27.3 Å². The fourth-order valence-electron chi connectivity index (χ4n) is 1.20. The largest absolute Gasteiger partial charge is 0.378 e. The molecule has 2 aromatic rings. The molecule has 2 rings (SSSR count). The fourth-order valence-corrected chi connectivity index (χ4v) is 1.75. The Morgan fingerprint density at radius 1 is 1.47 bits per heavy atom.